The van der Waals surface area contributed by atoms with Crippen LogP contribution < -0.4 is 4.74 Å². The minimum atomic E-state index is -1.44. The Morgan fingerprint density at radius 2 is 1.38 bits per heavy atom. The molecule has 39 heavy (non-hydrogen) atoms. The van der Waals surface area contributed by atoms with Crippen molar-refractivity contribution in [2.45, 2.75) is 58.4 Å². The molecule has 1 N–H and O–H groups in total. The Labute approximate surface area is 223 Å². The van der Waals surface area contributed by atoms with Crippen LogP contribution in [0.3, 0.4) is 0 Å². The Hall–Kier alpha value is -4.45. The van der Waals surface area contributed by atoms with E-state index in [1.807, 2.05) is 0 Å². The van der Waals surface area contributed by atoms with Gasteiger partial charge in [-0.15, -0.1) is 0 Å². The predicted octanol–water partition coefficient (Wildman–Crippen LogP) is 2.51. The van der Waals surface area contributed by atoms with Crippen LogP contribution >= 0.6 is 0 Å². The third-order valence-electron chi connectivity index (χ3n) is 5.50. The van der Waals surface area contributed by atoms with E-state index in [0.29, 0.717) is 11.1 Å². The van der Waals surface area contributed by atoms with Gasteiger partial charge >= 0.3 is 29.8 Å². The van der Waals surface area contributed by atoms with E-state index in [1.54, 1.807) is 36.4 Å². The molecule has 1 heterocycles. The highest BCUT2D eigenvalue weighted by Crippen LogP contribution is 2.35. The molecule has 0 saturated carbocycles. The second-order valence-electron chi connectivity index (χ2n) is 8.57. The lowest BCUT2D eigenvalue weighted by molar-refractivity contribution is -0.288. The number of carbonyl (C=O) groups excluding carboxylic acids is 4. The van der Waals surface area contributed by atoms with Crippen LogP contribution in [-0.2, 0) is 42.9 Å². The van der Waals surface area contributed by atoms with Gasteiger partial charge in [-0.3, -0.25) is 19.2 Å². The van der Waals surface area contributed by atoms with Crippen molar-refractivity contribution in [2.75, 3.05) is 6.61 Å². The topological polar surface area (TPSA) is 161 Å². The van der Waals surface area contributed by atoms with Gasteiger partial charge in [0, 0.05) is 33.3 Å². The summed E-state index contributed by atoms with van der Waals surface area (Å²) >= 11 is 0. The number of para-hydroxylation sites is 1. The van der Waals surface area contributed by atoms with Gasteiger partial charge in [0.15, 0.2) is 12.2 Å². The van der Waals surface area contributed by atoms with Crippen LogP contribution in [0.25, 0.3) is 11.1 Å². The molecule has 208 valence electrons. The van der Waals surface area contributed by atoms with Crippen molar-refractivity contribution in [3.63, 3.8) is 0 Å². The number of esters is 4. The molecule has 0 aromatic heterocycles. The lowest BCUT2D eigenvalue weighted by atomic mass is 9.97. The Morgan fingerprint density at radius 3 is 2.00 bits per heavy atom. The number of carboxylic acid groups (broad SMARTS) is 1. The number of benzene rings is 2. The van der Waals surface area contributed by atoms with Gasteiger partial charge < -0.3 is 33.5 Å². The summed E-state index contributed by atoms with van der Waals surface area (Å²) in [6, 6.07) is 12.8. The molecule has 0 unspecified atom stereocenters. The van der Waals surface area contributed by atoms with E-state index in [0.717, 1.165) is 20.8 Å². The molecule has 1 aliphatic heterocycles. The summed E-state index contributed by atoms with van der Waals surface area (Å²) in [7, 11) is 0. The number of hydrogen-bond donors (Lipinski definition) is 1. The first-order valence-corrected chi connectivity index (χ1v) is 11.9. The van der Waals surface area contributed by atoms with Crippen LogP contribution in [0.2, 0.25) is 0 Å². The molecule has 0 radical (unpaired) electrons. The first-order chi connectivity index (χ1) is 18.5. The van der Waals surface area contributed by atoms with Gasteiger partial charge in [-0.2, -0.15) is 0 Å². The van der Waals surface area contributed by atoms with Crippen LogP contribution in [-0.4, -0.2) is 72.3 Å². The van der Waals surface area contributed by atoms with Gasteiger partial charge in [-0.05, 0) is 23.8 Å². The number of hydrogen-bond acceptors (Lipinski definition) is 11. The maximum atomic E-state index is 12.0. The molecule has 1 saturated heterocycles. The zero-order chi connectivity index (χ0) is 28.7. The average molecular weight is 545 g/mol. The van der Waals surface area contributed by atoms with Crippen LogP contribution in [0.5, 0.6) is 5.75 Å². The predicted molar refractivity (Wildman–Crippen MR) is 131 cm³/mol. The van der Waals surface area contributed by atoms with Gasteiger partial charge in [-0.25, -0.2) is 4.79 Å². The van der Waals surface area contributed by atoms with E-state index in [9.17, 15) is 29.1 Å². The zero-order valence-electron chi connectivity index (χ0n) is 21.7. The Morgan fingerprint density at radius 1 is 0.769 bits per heavy atom. The summed E-state index contributed by atoms with van der Waals surface area (Å²) in [5, 5.41) is 9.40. The molecule has 2 aromatic rings. The Bertz CT molecular complexity index is 1240. The van der Waals surface area contributed by atoms with E-state index in [2.05, 4.69) is 0 Å². The lowest BCUT2D eigenvalue weighted by Crippen LogP contribution is -2.63. The van der Waals surface area contributed by atoms with E-state index in [4.69, 9.17) is 28.4 Å². The van der Waals surface area contributed by atoms with Crippen LogP contribution in [0, 0.1) is 0 Å². The maximum absolute atomic E-state index is 12.0. The largest absolute Gasteiger partial charge is 0.478 e. The van der Waals surface area contributed by atoms with Crippen molar-refractivity contribution in [3.05, 3.63) is 54.1 Å². The molecule has 1 fully saturated rings. The molecule has 12 heteroatoms. The average Bonchev–Trinajstić information content (AvgIpc) is 2.86. The zero-order valence-corrected chi connectivity index (χ0v) is 21.7. The summed E-state index contributed by atoms with van der Waals surface area (Å²) in [6.45, 7) is 4.13. The maximum Gasteiger partial charge on any atom is 0.335 e. The smallest absolute Gasteiger partial charge is 0.335 e. The van der Waals surface area contributed by atoms with Gasteiger partial charge in [-0.1, -0.05) is 30.3 Å². The number of carbonyl (C=O) groups is 5. The molecule has 5 atom stereocenters. The van der Waals surface area contributed by atoms with Crippen molar-refractivity contribution in [1.82, 2.24) is 0 Å². The summed E-state index contributed by atoms with van der Waals surface area (Å²) in [6.07, 6.45) is -6.74. The summed E-state index contributed by atoms with van der Waals surface area (Å²) in [5.41, 5.74) is 1.04. The van der Waals surface area contributed by atoms with Gasteiger partial charge in [0.05, 0.1) is 5.56 Å². The first kappa shape index (κ1) is 29.1. The molecule has 12 nitrogen and oxygen atoms in total. The lowest BCUT2D eigenvalue weighted by Gasteiger charge is -2.44. The monoisotopic (exact) mass is 544 g/mol. The van der Waals surface area contributed by atoms with Crippen molar-refractivity contribution >= 4 is 29.8 Å². The molecule has 3 rings (SSSR count). The molecular formula is C27H28O12. The first-order valence-electron chi connectivity index (χ1n) is 11.9. The highest BCUT2D eigenvalue weighted by molar-refractivity contribution is 5.89. The fourth-order valence-corrected chi connectivity index (χ4v) is 4.04. The van der Waals surface area contributed by atoms with Crippen LogP contribution in [0.1, 0.15) is 38.1 Å². The number of rotatable bonds is 9. The van der Waals surface area contributed by atoms with E-state index < -0.39 is 67.2 Å². The number of carboxylic acids is 1. The van der Waals surface area contributed by atoms with E-state index >= 15 is 0 Å². The van der Waals surface area contributed by atoms with Crippen molar-refractivity contribution in [2.24, 2.45) is 0 Å². The van der Waals surface area contributed by atoms with Crippen molar-refractivity contribution < 1.29 is 57.5 Å². The molecule has 0 bridgehead atoms. The van der Waals surface area contributed by atoms with Crippen LogP contribution in [0.4, 0.5) is 0 Å². The Balaban J connectivity index is 2.06. The minimum Gasteiger partial charge on any atom is -0.478 e. The molecular weight excluding hydrogens is 516 g/mol. The van der Waals surface area contributed by atoms with Gasteiger partial charge in [0.2, 0.25) is 12.4 Å². The SMILES string of the molecule is CC(=O)OC[C@H]1O[C@@H](Oc2ccccc2-c2cccc(C(=O)O)c2)[C@@H](OC(C)=O)[C@@H](OC(C)=O)[C@@H]1OC(C)=O. The van der Waals surface area contributed by atoms with Crippen molar-refractivity contribution in [1.29, 1.82) is 0 Å². The highest BCUT2D eigenvalue weighted by Gasteiger charge is 2.53. The fraction of sp³-hybridized carbons (Fsp3) is 0.370. The van der Waals surface area contributed by atoms with Crippen LogP contribution in [0.15, 0.2) is 48.5 Å². The summed E-state index contributed by atoms with van der Waals surface area (Å²) in [5.74, 6) is -3.84. The second kappa shape index (κ2) is 12.9. The third-order valence-corrected chi connectivity index (χ3v) is 5.50. The number of aromatic carboxylic acids is 1. The number of ether oxygens (including phenoxy) is 6. The standard InChI is InChI=1S/C27H28O12/c1-14(28)34-13-22-23(35-15(2)29)24(36-16(3)30)25(37-17(4)31)27(39-22)38-21-11-6-5-10-20(21)18-8-7-9-19(12-18)26(32)33/h5-12,22-25,27H,13H2,1-4H3,(H,32,33)/t22-,23-,24+,25+,27-/m1/s1. The summed E-state index contributed by atoms with van der Waals surface area (Å²) in [4.78, 5) is 59.0. The van der Waals surface area contributed by atoms with Gasteiger partial charge in [0.25, 0.3) is 0 Å². The molecule has 2 aromatic carbocycles. The summed E-state index contributed by atoms with van der Waals surface area (Å²) < 4.78 is 33.4. The van der Waals surface area contributed by atoms with E-state index in [-0.39, 0.29) is 11.3 Å². The fourth-order valence-electron chi connectivity index (χ4n) is 4.04. The third kappa shape index (κ3) is 7.77. The van der Waals surface area contributed by atoms with Crippen molar-refractivity contribution in [3.8, 4) is 16.9 Å². The molecule has 0 aliphatic carbocycles. The highest BCUT2D eigenvalue weighted by atomic mass is 16.7. The molecule has 0 amide bonds. The minimum absolute atomic E-state index is 0.0506. The van der Waals surface area contributed by atoms with E-state index in [1.165, 1.54) is 19.1 Å². The normalized spacial score (nSPS) is 22.2. The molecule has 0 spiro atoms. The quantitative estimate of drug-likeness (QED) is 0.363. The Kier molecular flexibility index (Phi) is 9.61. The second-order valence-corrected chi connectivity index (χ2v) is 8.57. The van der Waals surface area contributed by atoms with Gasteiger partial charge in [0.1, 0.15) is 18.5 Å². The molecule has 1 aliphatic rings.